The van der Waals surface area contributed by atoms with Gasteiger partial charge in [-0.05, 0) is 39.9 Å². The molecule has 0 aliphatic carbocycles. The van der Waals surface area contributed by atoms with Gasteiger partial charge in [0.2, 0.25) is 0 Å². The molecule has 0 spiro atoms. The maximum atomic E-state index is 2.53. The minimum Gasteiger partial charge on any atom is -0.302 e. The average molecular weight is 170 g/mol. The van der Waals surface area contributed by atoms with Crippen LogP contribution in [0.4, 0.5) is 0 Å². The van der Waals surface area contributed by atoms with Crippen LogP contribution in [-0.2, 0) is 0 Å². The second-order valence-electron chi connectivity index (χ2n) is 3.92. The summed E-state index contributed by atoms with van der Waals surface area (Å²) >= 11 is 0. The summed E-state index contributed by atoms with van der Waals surface area (Å²) in [5, 5.41) is 0. The van der Waals surface area contributed by atoms with Gasteiger partial charge in [-0.15, -0.1) is 0 Å². The molecule has 1 rings (SSSR count). The topological polar surface area (TPSA) is 6.48 Å². The van der Waals surface area contributed by atoms with E-state index < -0.39 is 0 Å². The zero-order chi connectivity index (χ0) is 8.97. The Labute approximate surface area is 76.5 Å². The summed E-state index contributed by atoms with van der Waals surface area (Å²) in [5.41, 5.74) is 0. The van der Waals surface area contributed by atoms with E-state index in [0.717, 1.165) is 0 Å². The standard InChI is InChI=1S/C10H22N2/c1-4-12(10(2)3)9-8-11-6-5-7-11/h10H,4-9H2,1-3H3. The van der Waals surface area contributed by atoms with Crippen LogP contribution >= 0.6 is 0 Å². The van der Waals surface area contributed by atoms with Crippen molar-refractivity contribution in [1.29, 1.82) is 0 Å². The molecule has 0 N–H and O–H groups in total. The molecule has 0 bridgehead atoms. The van der Waals surface area contributed by atoms with Crippen LogP contribution in [0.15, 0.2) is 0 Å². The zero-order valence-electron chi connectivity index (χ0n) is 8.71. The smallest absolute Gasteiger partial charge is 0.0112 e. The van der Waals surface area contributed by atoms with Crippen LogP contribution in [0.1, 0.15) is 27.2 Å². The fourth-order valence-electron chi connectivity index (χ4n) is 1.66. The van der Waals surface area contributed by atoms with Crippen LogP contribution in [0, 0.1) is 0 Å². The Kier molecular flexibility index (Phi) is 4.02. The molecule has 0 aromatic carbocycles. The summed E-state index contributed by atoms with van der Waals surface area (Å²) in [6, 6.07) is 0.705. The minimum absolute atomic E-state index is 0.705. The number of likely N-dealkylation sites (N-methyl/N-ethyl adjacent to an activating group) is 1. The lowest BCUT2D eigenvalue weighted by Crippen LogP contribution is -2.44. The lowest BCUT2D eigenvalue weighted by molar-refractivity contribution is 0.137. The lowest BCUT2D eigenvalue weighted by atomic mass is 10.2. The Balaban J connectivity index is 2.09. The maximum Gasteiger partial charge on any atom is 0.0112 e. The molecule has 12 heavy (non-hydrogen) atoms. The molecule has 0 atom stereocenters. The summed E-state index contributed by atoms with van der Waals surface area (Å²) in [4.78, 5) is 5.06. The fraction of sp³-hybridized carbons (Fsp3) is 1.00. The first-order valence-corrected chi connectivity index (χ1v) is 5.20. The van der Waals surface area contributed by atoms with Gasteiger partial charge in [-0.3, -0.25) is 4.90 Å². The number of hydrogen-bond acceptors (Lipinski definition) is 2. The number of likely N-dealkylation sites (tertiary alicyclic amines) is 1. The van der Waals surface area contributed by atoms with Gasteiger partial charge < -0.3 is 4.90 Å². The van der Waals surface area contributed by atoms with E-state index in [-0.39, 0.29) is 0 Å². The van der Waals surface area contributed by atoms with Crippen molar-refractivity contribution in [1.82, 2.24) is 9.80 Å². The van der Waals surface area contributed by atoms with Gasteiger partial charge in [-0.1, -0.05) is 6.92 Å². The van der Waals surface area contributed by atoms with E-state index in [2.05, 4.69) is 30.6 Å². The van der Waals surface area contributed by atoms with Crippen molar-refractivity contribution in [3.8, 4) is 0 Å². The molecular weight excluding hydrogens is 148 g/mol. The number of rotatable bonds is 5. The predicted octanol–water partition coefficient (Wildman–Crippen LogP) is 1.42. The molecule has 1 saturated heterocycles. The first kappa shape index (κ1) is 10.0. The third-order valence-corrected chi connectivity index (χ3v) is 2.79. The first-order valence-electron chi connectivity index (χ1n) is 5.20. The quantitative estimate of drug-likeness (QED) is 0.616. The SMILES string of the molecule is CCN(CCN1CCC1)C(C)C. The average Bonchev–Trinajstić information content (AvgIpc) is 1.93. The molecule has 72 valence electrons. The van der Waals surface area contributed by atoms with Crippen LogP contribution in [0.2, 0.25) is 0 Å². The van der Waals surface area contributed by atoms with Gasteiger partial charge in [0.25, 0.3) is 0 Å². The maximum absolute atomic E-state index is 2.53. The third kappa shape index (κ3) is 2.76. The third-order valence-electron chi connectivity index (χ3n) is 2.79. The van der Waals surface area contributed by atoms with E-state index in [1.54, 1.807) is 0 Å². The highest BCUT2D eigenvalue weighted by atomic mass is 15.2. The molecule has 2 nitrogen and oxygen atoms in total. The second-order valence-corrected chi connectivity index (χ2v) is 3.92. The van der Waals surface area contributed by atoms with E-state index in [0.29, 0.717) is 6.04 Å². The summed E-state index contributed by atoms with van der Waals surface area (Å²) in [5.74, 6) is 0. The summed E-state index contributed by atoms with van der Waals surface area (Å²) in [7, 11) is 0. The van der Waals surface area contributed by atoms with Crippen molar-refractivity contribution in [3.63, 3.8) is 0 Å². The molecular formula is C10H22N2. The van der Waals surface area contributed by atoms with Crippen LogP contribution < -0.4 is 0 Å². The number of nitrogens with zero attached hydrogens (tertiary/aromatic N) is 2. The van der Waals surface area contributed by atoms with Crippen molar-refractivity contribution in [3.05, 3.63) is 0 Å². The van der Waals surface area contributed by atoms with Crippen molar-refractivity contribution in [2.75, 3.05) is 32.7 Å². The predicted molar refractivity (Wildman–Crippen MR) is 53.4 cm³/mol. The summed E-state index contributed by atoms with van der Waals surface area (Å²) in [6.45, 7) is 13.2. The van der Waals surface area contributed by atoms with Crippen molar-refractivity contribution < 1.29 is 0 Å². The van der Waals surface area contributed by atoms with Gasteiger partial charge in [0, 0.05) is 19.1 Å². The van der Waals surface area contributed by atoms with E-state index >= 15 is 0 Å². The molecule has 1 fully saturated rings. The monoisotopic (exact) mass is 170 g/mol. The molecule has 0 aromatic heterocycles. The number of hydrogen-bond donors (Lipinski definition) is 0. The Morgan fingerprint density at radius 3 is 2.33 bits per heavy atom. The van der Waals surface area contributed by atoms with Gasteiger partial charge in [-0.25, -0.2) is 0 Å². The highest BCUT2D eigenvalue weighted by Crippen LogP contribution is 2.06. The Morgan fingerprint density at radius 1 is 1.33 bits per heavy atom. The molecule has 2 heteroatoms. The van der Waals surface area contributed by atoms with Gasteiger partial charge in [0.1, 0.15) is 0 Å². The van der Waals surface area contributed by atoms with Crippen LogP contribution in [0.3, 0.4) is 0 Å². The van der Waals surface area contributed by atoms with E-state index in [4.69, 9.17) is 0 Å². The lowest BCUT2D eigenvalue weighted by Gasteiger charge is -2.34. The molecule has 1 aliphatic heterocycles. The highest BCUT2D eigenvalue weighted by Gasteiger charge is 2.15. The molecule has 0 aromatic rings. The normalized spacial score (nSPS) is 18.8. The molecule has 0 radical (unpaired) electrons. The molecule has 0 unspecified atom stereocenters. The van der Waals surface area contributed by atoms with E-state index in [9.17, 15) is 0 Å². The first-order chi connectivity index (χ1) is 5.74. The Hall–Kier alpha value is -0.0800. The van der Waals surface area contributed by atoms with Crippen LogP contribution in [0.25, 0.3) is 0 Å². The highest BCUT2D eigenvalue weighted by molar-refractivity contribution is 4.71. The Morgan fingerprint density at radius 2 is 2.00 bits per heavy atom. The molecule has 1 aliphatic rings. The van der Waals surface area contributed by atoms with Gasteiger partial charge in [0.15, 0.2) is 0 Å². The van der Waals surface area contributed by atoms with E-state index in [1.807, 2.05) is 0 Å². The van der Waals surface area contributed by atoms with Crippen LogP contribution in [-0.4, -0.2) is 48.6 Å². The fourth-order valence-corrected chi connectivity index (χ4v) is 1.66. The summed E-state index contributed by atoms with van der Waals surface area (Å²) in [6.07, 6.45) is 1.41. The molecule has 1 heterocycles. The summed E-state index contributed by atoms with van der Waals surface area (Å²) < 4.78 is 0. The van der Waals surface area contributed by atoms with Gasteiger partial charge >= 0.3 is 0 Å². The van der Waals surface area contributed by atoms with Crippen LogP contribution in [0.5, 0.6) is 0 Å². The van der Waals surface area contributed by atoms with E-state index in [1.165, 1.54) is 39.1 Å². The van der Waals surface area contributed by atoms with Crippen molar-refractivity contribution in [2.24, 2.45) is 0 Å². The van der Waals surface area contributed by atoms with Crippen molar-refractivity contribution in [2.45, 2.75) is 33.2 Å². The Bertz CT molecular complexity index is 119. The van der Waals surface area contributed by atoms with Gasteiger partial charge in [0.05, 0.1) is 0 Å². The van der Waals surface area contributed by atoms with Crippen molar-refractivity contribution >= 4 is 0 Å². The van der Waals surface area contributed by atoms with Gasteiger partial charge in [-0.2, -0.15) is 0 Å². The zero-order valence-corrected chi connectivity index (χ0v) is 8.71. The molecule has 0 amide bonds. The minimum atomic E-state index is 0.705. The second kappa shape index (κ2) is 4.83. The largest absolute Gasteiger partial charge is 0.302 e. The molecule has 0 saturated carbocycles.